The van der Waals surface area contributed by atoms with Gasteiger partial charge < -0.3 is 0 Å². The van der Waals surface area contributed by atoms with Gasteiger partial charge in [0.1, 0.15) is 5.82 Å². The minimum absolute atomic E-state index is 0.320. The average Bonchev–Trinajstić information content (AvgIpc) is 2.71. The largest absolute Gasteiger partial charge is 0.268 e. The lowest BCUT2D eigenvalue weighted by Gasteiger charge is -2.19. The Hall–Kier alpha value is -1.53. The van der Waals surface area contributed by atoms with Gasteiger partial charge in [0.05, 0.1) is 16.8 Å². The number of fused-ring (bicyclic) bond motifs is 1. The van der Waals surface area contributed by atoms with Gasteiger partial charge in [0, 0.05) is 14.5 Å². The molecule has 0 aliphatic carbocycles. The van der Waals surface area contributed by atoms with E-state index in [1.54, 1.807) is 31.2 Å². The molecule has 2 aromatic rings. The molecule has 6 heteroatoms. The summed E-state index contributed by atoms with van der Waals surface area (Å²) in [7, 11) is 0. The lowest BCUT2D eigenvalue weighted by Crippen LogP contribution is -2.30. The van der Waals surface area contributed by atoms with Crippen molar-refractivity contribution in [1.29, 1.82) is 0 Å². The number of carbonyl (C=O) groups excluding carboxylic acids is 2. The van der Waals surface area contributed by atoms with Crippen LogP contribution in [-0.4, -0.2) is 11.8 Å². The molecule has 2 aromatic carbocycles. The van der Waals surface area contributed by atoms with Gasteiger partial charge in [0.15, 0.2) is 0 Å². The molecule has 106 valence electrons. The Kier molecular flexibility index (Phi) is 3.45. The second-order valence-corrected chi connectivity index (χ2v) is 6.27. The number of rotatable bonds is 1. The molecule has 2 amide bonds. The zero-order valence-corrected chi connectivity index (χ0v) is 14.0. The first-order chi connectivity index (χ1) is 9.93. The maximum absolute atomic E-state index is 13.7. The summed E-state index contributed by atoms with van der Waals surface area (Å²) in [5.41, 5.74) is 1.36. The molecule has 0 spiro atoms. The SMILES string of the molecule is Cc1c(F)cc(Br)c(N2C(=O)c3ccccc3C2=O)c1Br. The maximum Gasteiger partial charge on any atom is 0.266 e. The topological polar surface area (TPSA) is 37.4 Å². The Morgan fingerprint density at radius 3 is 2.10 bits per heavy atom. The molecule has 1 heterocycles. The number of carbonyl (C=O) groups is 2. The van der Waals surface area contributed by atoms with E-state index in [9.17, 15) is 14.0 Å². The standard InChI is InChI=1S/C15H8Br2FNO2/c1-7-11(18)6-10(16)13(12(7)17)19-14(20)8-4-2-3-5-9(8)15(19)21/h2-6H,1H3. The van der Waals surface area contributed by atoms with Crippen LogP contribution in [0.3, 0.4) is 0 Å². The summed E-state index contributed by atoms with van der Waals surface area (Å²) in [6.45, 7) is 1.58. The smallest absolute Gasteiger partial charge is 0.266 e. The number of amides is 2. The van der Waals surface area contributed by atoms with Gasteiger partial charge in [-0.1, -0.05) is 12.1 Å². The van der Waals surface area contributed by atoms with Crippen molar-refractivity contribution in [3.63, 3.8) is 0 Å². The number of halogens is 3. The second-order valence-electron chi connectivity index (χ2n) is 4.62. The third-order valence-electron chi connectivity index (χ3n) is 3.39. The van der Waals surface area contributed by atoms with Crippen LogP contribution < -0.4 is 4.90 Å². The zero-order chi connectivity index (χ0) is 15.3. The van der Waals surface area contributed by atoms with Crippen LogP contribution in [0.15, 0.2) is 39.3 Å². The molecule has 3 rings (SSSR count). The molecular weight excluding hydrogens is 405 g/mol. The Balaban J connectivity index is 2.23. The summed E-state index contributed by atoms with van der Waals surface area (Å²) in [4.78, 5) is 26.0. The molecule has 0 fully saturated rings. The fourth-order valence-corrected chi connectivity index (χ4v) is 3.70. The Morgan fingerprint density at radius 2 is 1.57 bits per heavy atom. The van der Waals surface area contributed by atoms with Crippen molar-refractivity contribution in [2.75, 3.05) is 4.90 Å². The number of hydrogen-bond acceptors (Lipinski definition) is 2. The fraction of sp³-hybridized carbons (Fsp3) is 0.0667. The van der Waals surface area contributed by atoms with Crippen molar-refractivity contribution in [2.45, 2.75) is 6.92 Å². The summed E-state index contributed by atoms with van der Waals surface area (Å²) in [5.74, 6) is -1.25. The van der Waals surface area contributed by atoms with Gasteiger partial charge in [0.2, 0.25) is 0 Å². The van der Waals surface area contributed by atoms with E-state index < -0.39 is 17.6 Å². The molecule has 0 atom stereocenters. The fourth-order valence-electron chi connectivity index (χ4n) is 2.27. The lowest BCUT2D eigenvalue weighted by molar-refractivity contribution is 0.0925. The van der Waals surface area contributed by atoms with Crippen LogP contribution >= 0.6 is 31.9 Å². The van der Waals surface area contributed by atoms with Crippen LogP contribution in [0.4, 0.5) is 10.1 Å². The molecule has 0 radical (unpaired) electrons. The minimum Gasteiger partial charge on any atom is -0.268 e. The molecule has 0 saturated heterocycles. The highest BCUT2D eigenvalue weighted by Gasteiger charge is 2.38. The van der Waals surface area contributed by atoms with E-state index in [0.29, 0.717) is 31.3 Å². The first kappa shape index (κ1) is 14.4. The van der Waals surface area contributed by atoms with E-state index in [4.69, 9.17) is 0 Å². The van der Waals surface area contributed by atoms with Crippen molar-refractivity contribution in [1.82, 2.24) is 0 Å². The summed E-state index contributed by atoms with van der Waals surface area (Å²) in [5, 5.41) is 0. The van der Waals surface area contributed by atoms with Gasteiger partial charge >= 0.3 is 0 Å². The molecule has 0 N–H and O–H groups in total. The van der Waals surface area contributed by atoms with E-state index in [1.165, 1.54) is 6.07 Å². The predicted molar refractivity (Wildman–Crippen MR) is 84.1 cm³/mol. The van der Waals surface area contributed by atoms with E-state index >= 15 is 0 Å². The summed E-state index contributed by atoms with van der Waals surface area (Å²) >= 11 is 6.50. The molecule has 1 aliphatic heterocycles. The minimum atomic E-state index is -0.422. The molecular formula is C15H8Br2FNO2. The van der Waals surface area contributed by atoms with E-state index in [-0.39, 0.29) is 0 Å². The molecule has 1 aliphatic rings. The Labute approximate surface area is 137 Å². The Morgan fingerprint density at radius 1 is 1.05 bits per heavy atom. The third-order valence-corrected chi connectivity index (χ3v) is 4.97. The van der Waals surface area contributed by atoms with Crippen molar-refractivity contribution in [3.8, 4) is 0 Å². The van der Waals surface area contributed by atoms with Crippen molar-refractivity contribution < 1.29 is 14.0 Å². The quantitative estimate of drug-likeness (QED) is 0.648. The van der Waals surface area contributed by atoms with Crippen LogP contribution in [0.2, 0.25) is 0 Å². The summed E-state index contributed by atoms with van der Waals surface area (Å²) < 4.78 is 14.4. The molecule has 21 heavy (non-hydrogen) atoms. The number of benzene rings is 2. The van der Waals surface area contributed by atoms with Crippen LogP contribution in [-0.2, 0) is 0 Å². The number of anilines is 1. The number of hydrogen-bond donors (Lipinski definition) is 0. The highest BCUT2D eigenvalue weighted by Crippen LogP contribution is 2.41. The normalized spacial score (nSPS) is 13.8. The molecule has 0 unspecified atom stereocenters. The van der Waals surface area contributed by atoms with E-state index in [1.807, 2.05) is 0 Å². The van der Waals surface area contributed by atoms with E-state index in [2.05, 4.69) is 31.9 Å². The van der Waals surface area contributed by atoms with Crippen molar-refractivity contribution in [3.05, 3.63) is 61.8 Å². The van der Waals surface area contributed by atoms with Gasteiger partial charge in [-0.2, -0.15) is 0 Å². The first-order valence-electron chi connectivity index (χ1n) is 6.05. The lowest BCUT2D eigenvalue weighted by atomic mass is 10.1. The van der Waals surface area contributed by atoms with Gasteiger partial charge in [-0.25, -0.2) is 9.29 Å². The van der Waals surface area contributed by atoms with Gasteiger partial charge in [-0.05, 0) is 57.0 Å². The van der Waals surface area contributed by atoms with E-state index in [0.717, 1.165) is 4.90 Å². The molecule has 0 saturated carbocycles. The van der Waals surface area contributed by atoms with Crippen molar-refractivity contribution >= 4 is 49.4 Å². The van der Waals surface area contributed by atoms with Gasteiger partial charge in [0.25, 0.3) is 11.8 Å². The third kappa shape index (κ3) is 2.05. The van der Waals surface area contributed by atoms with Gasteiger partial charge in [-0.3, -0.25) is 9.59 Å². The zero-order valence-electron chi connectivity index (χ0n) is 10.8. The highest BCUT2D eigenvalue weighted by atomic mass is 79.9. The molecule has 0 aromatic heterocycles. The molecule has 0 bridgehead atoms. The van der Waals surface area contributed by atoms with Crippen LogP contribution in [0, 0.1) is 12.7 Å². The van der Waals surface area contributed by atoms with Gasteiger partial charge in [-0.15, -0.1) is 0 Å². The van der Waals surface area contributed by atoms with Crippen LogP contribution in [0.25, 0.3) is 0 Å². The predicted octanol–water partition coefficient (Wildman–Crippen LogP) is 4.46. The monoisotopic (exact) mass is 411 g/mol. The number of imide groups is 1. The summed E-state index contributed by atoms with van der Waals surface area (Å²) in [6, 6.07) is 7.86. The highest BCUT2D eigenvalue weighted by molar-refractivity contribution is 9.11. The van der Waals surface area contributed by atoms with Crippen LogP contribution in [0.1, 0.15) is 26.3 Å². The average molecular weight is 413 g/mol. The second kappa shape index (κ2) is 5.03. The summed E-state index contributed by atoms with van der Waals surface area (Å²) in [6.07, 6.45) is 0. The van der Waals surface area contributed by atoms with Crippen LogP contribution in [0.5, 0.6) is 0 Å². The maximum atomic E-state index is 13.7. The Bertz CT molecular complexity index is 770. The number of nitrogens with zero attached hydrogens (tertiary/aromatic N) is 1. The molecule has 3 nitrogen and oxygen atoms in total. The first-order valence-corrected chi connectivity index (χ1v) is 7.64. The van der Waals surface area contributed by atoms with Crippen molar-refractivity contribution in [2.24, 2.45) is 0 Å².